The number of hydrogen-bond donors (Lipinski definition) is 2. The number of alkyl halides is 3. The monoisotopic (exact) mass is 412 g/mol. The van der Waals surface area contributed by atoms with Crippen LogP contribution in [0.25, 0.3) is 0 Å². The van der Waals surface area contributed by atoms with Gasteiger partial charge in [-0.2, -0.15) is 18.3 Å². The van der Waals surface area contributed by atoms with Crippen LogP contribution in [-0.2, 0) is 16.1 Å². The minimum atomic E-state index is -5.08. The fourth-order valence-corrected chi connectivity index (χ4v) is 3.60. The van der Waals surface area contributed by atoms with Crippen molar-refractivity contribution >= 4 is 5.97 Å². The van der Waals surface area contributed by atoms with Crippen LogP contribution in [0.3, 0.4) is 0 Å². The molecule has 158 valence electrons. The van der Waals surface area contributed by atoms with Gasteiger partial charge in [0.25, 0.3) is 0 Å². The van der Waals surface area contributed by atoms with Crippen LogP contribution in [-0.4, -0.2) is 56.5 Å². The maximum atomic E-state index is 10.6. The highest BCUT2D eigenvalue weighted by atomic mass is 19.4. The van der Waals surface area contributed by atoms with Crippen molar-refractivity contribution in [3.63, 3.8) is 0 Å². The van der Waals surface area contributed by atoms with Gasteiger partial charge in [0, 0.05) is 25.6 Å². The van der Waals surface area contributed by atoms with E-state index in [4.69, 9.17) is 14.6 Å². The van der Waals surface area contributed by atoms with Gasteiger partial charge in [-0.25, -0.2) is 9.78 Å². The number of likely N-dealkylation sites (tertiary alicyclic amines) is 1. The Morgan fingerprint density at radius 1 is 1.28 bits per heavy atom. The summed E-state index contributed by atoms with van der Waals surface area (Å²) in [6.45, 7) is 7.19. The third-order valence-corrected chi connectivity index (χ3v) is 4.98. The number of rotatable bonds is 3. The number of carboxylic acid groups (broad SMARTS) is 1. The second-order valence-corrected chi connectivity index (χ2v) is 7.42. The number of H-pyrrole nitrogens is 1. The number of aromatic amines is 1. The third-order valence-electron chi connectivity index (χ3n) is 4.98. The fourth-order valence-electron chi connectivity index (χ4n) is 3.60. The van der Waals surface area contributed by atoms with Gasteiger partial charge in [0.1, 0.15) is 11.9 Å². The first-order valence-electron chi connectivity index (χ1n) is 9.24. The summed E-state index contributed by atoms with van der Waals surface area (Å²) in [4.78, 5) is 15.8. The van der Waals surface area contributed by atoms with Gasteiger partial charge in [-0.1, -0.05) is 29.8 Å². The number of ether oxygens (including phenoxy) is 1. The molecule has 0 spiro atoms. The molecule has 2 saturated heterocycles. The van der Waals surface area contributed by atoms with Crippen molar-refractivity contribution in [1.29, 1.82) is 0 Å². The zero-order valence-electron chi connectivity index (χ0n) is 16.1. The maximum Gasteiger partial charge on any atom is 0.490 e. The predicted octanol–water partition coefficient (Wildman–Crippen LogP) is 3.02. The predicted molar refractivity (Wildman–Crippen MR) is 97.0 cm³/mol. The number of hydrogen-bond acceptors (Lipinski definition) is 5. The molecule has 2 fully saturated rings. The molecule has 0 radical (unpaired) electrons. The highest BCUT2D eigenvalue weighted by Crippen LogP contribution is 2.40. The van der Waals surface area contributed by atoms with E-state index in [2.05, 4.69) is 51.3 Å². The summed E-state index contributed by atoms with van der Waals surface area (Å²) >= 11 is 0. The van der Waals surface area contributed by atoms with Gasteiger partial charge < -0.3 is 9.84 Å². The van der Waals surface area contributed by atoms with Crippen LogP contribution in [0.2, 0.25) is 0 Å². The van der Waals surface area contributed by atoms with Gasteiger partial charge in [0.15, 0.2) is 5.82 Å². The SMILES string of the molecule is Cc1ccc(CN2C[C@@H]3C[C@@H](c4n[nH]c(C)n4)O[C@@H]3C2)cc1.O=C(O)C(F)(F)F. The van der Waals surface area contributed by atoms with Gasteiger partial charge in [0.05, 0.1) is 6.10 Å². The summed E-state index contributed by atoms with van der Waals surface area (Å²) in [5, 5.41) is 14.3. The summed E-state index contributed by atoms with van der Waals surface area (Å²) in [6, 6.07) is 8.82. The Labute approximate surface area is 165 Å². The van der Waals surface area contributed by atoms with Crippen LogP contribution in [0, 0.1) is 19.8 Å². The van der Waals surface area contributed by atoms with E-state index in [0.29, 0.717) is 12.0 Å². The molecule has 10 heteroatoms. The summed E-state index contributed by atoms with van der Waals surface area (Å²) < 4.78 is 37.9. The standard InChI is InChI=1S/C17H22N4O.C2HF3O2/c1-11-3-5-13(6-4-11)8-21-9-14-7-15(22-16(14)10-21)17-18-12(2)19-20-17;3-2(4,5)1(6)7/h3-6,14-16H,7-10H2,1-2H3,(H,18,19,20);(H,6,7)/t14-,15-,16+;/m0./s1. The Morgan fingerprint density at radius 3 is 2.45 bits per heavy atom. The molecule has 1 aromatic heterocycles. The number of aryl methyl sites for hydroxylation is 2. The largest absolute Gasteiger partial charge is 0.490 e. The van der Waals surface area contributed by atoms with Crippen molar-refractivity contribution in [2.75, 3.05) is 13.1 Å². The quantitative estimate of drug-likeness (QED) is 0.805. The average Bonchev–Trinajstić information content (AvgIpc) is 3.31. The molecule has 0 amide bonds. The first-order chi connectivity index (χ1) is 13.6. The topological polar surface area (TPSA) is 91.3 Å². The van der Waals surface area contributed by atoms with E-state index >= 15 is 0 Å². The van der Waals surface area contributed by atoms with Crippen molar-refractivity contribution in [3.8, 4) is 0 Å². The Kier molecular flexibility index (Phi) is 6.23. The smallest absolute Gasteiger partial charge is 0.475 e. The lowest BCUT2D eigenvalue weighted by Gasteiger charge is -2.18. The highest BCUT2D eigenvalue weighted by Gasteiger charge is 2.43. The van der Waals surface area contributed by atoms with Crippen LogP contribution in [0.4, 0.5) is 13.2 Å². The molecular formula is C19H23F3N4O3. The molecule has 0 aliphatic carbocycles. The second-order valence-electron chi connectivity index (χ2n) is 7.42. The van der Waals surface area contributed by atoms with E-state index in [0.717, 1.165) is 37.7 Å². The van der Waals surface area contributed by atoms with Crippen molar-refractivity contribution < 1.29 is 27.8 Å². The number of benzene rings is 1. The number of halogens is 3. The number of aromatic nitrogens is 3. The summed E-state index contributed by atoms with van der Waals surface area (Å²) in [7, 11) is 0. The zero-order chi connectivity index (χ0) is 21.2. The lowest BCUT2D eigenvalue weighted by molar-refractivity contribution is -0.192. The molecular weight excluding hydrogens is 389 g/mol. The second kappa shape index (κ2) is 8.50. The van der Waals surface area contributed by atoms with E-state index in [9.17, 15) is 13.2 Å². The lowest BCUT2D eigenvalue weighted by Crippen LogP contribution is -2.23. The van der Waals surface area contributed by atoms with Crippen molar-refractivity contribution in [3.05, 3.63) is 47.0 Å². The highest BCUT2D eigenvalue weighted by molar-refractivity contribution is 5.73. The molecule has 3 heterocycles. The summed E-state index contributed by atoms with van der Waals surface area (Å²) in [5.41, 5.74) is 2.70. The van der Waals surface area contributed by atoms with Crippen molar-refractivity contribution in [2.24, 2.45) is 5.92 Å². The van der Waals surface area contributed by atoms with E-state index < -0.39 is 12.1 Å². The molecule has 2 aliphatic heterocycles. The normalized spacial score (nSPS) is 24.1. The van der Waals surface area contributed by atoms with Crippen molar-refractivity contribution in [1.82, 2.24) is 20.1 Å². The van der Waals surface area contributed by atoms with E-state index in [1.807, 2.05) is 6.92 Å². The van der Waals surface area contributed by atoms with Crippen LogP contribution in [0.1, 0.15) is 35.3 Å². The first-order valence-corrected chi connectivity index (χ1v) is 9.24. The molecule has 0 unspecified atom stereocenters. The number of nitrogens with one attached hydrogen (secondary N) is 1. The molecule has 1 aromatic carbocycles. The van der Waals surface area contributed by atoms with Gasteiger partial charge >= 0.3 is 12.1 Å². The number of carbonyl (C=O) groups is 1. The Hall–Kier alpha value is -2.46. The molecule has 2 aromatic rings. The molecule has 0 saturated carbocycles. The number of fused-ring (bicyclic) bond motifs is 1. The molecule has 2 aliphatic rings. The van der Waals surface area contributed by atoms with Gasteiger partial charge in [-0.05, 0) is 25.8 Å². The van der Waals surface area contributed by atoms with Crippen LogP contribution in [0.5, 0.6) is 0 Å². The van der Waals surface area contributed by atoms with Crippen LogP contribution >= 0.6 is 0 Å². The maximum absolute atomic E-state index is 10.6. The number of aliphatic carboxylic acids is 1. The molecule has 2 N–H and O–H groups in total. The van der Waals surface area contributed by atoms with E-state index in [1.165, 1.54) is 11.1 Å². The third kappa shape index (κ3) is 5.54. The molecule has 0 bridgehead atoms. The van der Waals surface area contributed by atoms with Crippen LogP contribution in [0.15, 0.2) is 24.3 Å². The Bertz CT molecular complexity index is 824. The van der Waals surface area contributed by atoms with Gasteiger partial charge in [-0.3, -0.25) is 10.00 Å². The first kappa shape index (κ1) is 21.3. The van der Waals surface area contributed by atoms with Crippen molar-refractivity contribution in [2.45, 2.75) is 45.2 Å². The molecule has 3 atom stereocenters. The lowest BCUT2D eigenvalue weighted by atomic mass is 10.0. The Morgan fingerprint density at radius 2 is 1.93 bits per heavy atom. The summed E-state index contributed by atoms with van der Waals surface area (Å²) in [5.74, 6) is -0.476. The molecule has 7 nitrogen and oxygen atoms in total. The zero-order valence-corrected chi connectivity index (χ0v) is 16.1. The number of nitrogens with zero attached hydrogens (tertiary/aromatic N) is 3. The average molecular weight is 412 g/mol. The van der Waals surface area contributed by atoms with Crippen LogP contribution < -0.4 is 0 Å². The van der Waals surface area contributed by atoms with E-state index in [-0.39, 0.29) is 6.10 Å². The van der Waals surface area contributed by atoms with Gasteiger partial charge in [-0.15, -0.1) is 0 Å². The number of carboxylic acids is 1. The minimum absolute atomic E-state index is 0.0708. The Balaban J connectivity index is 0.000000298. The van der Waals surface area contributed by atoms with Gasteiger partial charge in [0.2, 0.25) is 0 Å². The molecule has 4 rings (SSSR count). The van der Waals surface area contributed by atoms with E-state index in [1.54, 1.807) is 0 Å². The minimum Gasteiger partial charge on any atom is -0.475 e. The molecule has 29 heavy (non-hydrogen) atoms. The summed E-state index contributed by atoms with van der Waals surface area (Å²) in [6.07, 6.45) is -3.65. The fraction of sp³-hybridized carbons (Fsp3) is 0.526.